The molecule has 2 aromatic rings. The second-order valence-corrected chi connectivity index (χ2v) is 7.17. The molecule has 0 aliphatic carbocycles. The minimum absolute atomic E-state index is 0.106. The van der Waals surface area contributed by atoms with Crippen molar-refractivity contribution in [2.75, 3.05) is 32.9 Å². The van der Waals surface area contributed by atoms with Crippen molar-refractivity contribution < 1.29 is 19.1 Å². The van der Waals surface area contributed by atoms with E-state index < -0.39 is 0 Å². The van der Waals surface area contributed by atoms with Gasteiger partial charge >= 0.3 is 0 Å². The maximum atomic E-state index is 12.3. The van der Waals surface area contributed by atoms with E-state index in [9.17, 15) is 4.79 Å². The molecule has 1 fully saturated rings. The number of morpholine rings is 1. The second kappa shape index (κ2) is 9.68. The summed E-state index contributed by atoms with van der Waals surface area (Å²) in [4.78, 5) is 24.2. The molecule has 3 rings (SSSR count). The largest absolute Gasteiger partial charge is 0.488 e. The van der Waals surface area contributed by atoms with Crippen molar-refractivity contribution >= 4 is 34.6 Å². The molecule has 2 aromatic heterocycles. The summed E-state index contributed by atoms with van der Waals surface area (Å²) in [6, 6.07) is 7.38. The Kier molecular flexibility index (Phi) is 7.03. The van der Waals surface area contributed by atoms with Gasteiger partial charge in [-0.1, -0.05) is 22.8 Å². The van der Waals surface area contributed by atoms with Crippen LogP contribution in [0.2, 0.25) is 5.15 Å². The smallest absolute Gasteiger partial charge is 0.263 e. The molecule has 1 atom stereocenters. The molecule has 0 aromatic carbocycles. The molecule has 0 N–H and O–H groups in total. The third kappa shape index (κ3) is 5.66. The lowest BCUT2D eigenvalue weighted by molar-refractivity contribution is -0.144. The van der Waals surface area contributed by atoms with Crippen molar-refractivity contribution in [1.29, 1.82) is 0 Å². The number of thiophene rings is 1. The summed E-state index contributed by atoms with van der Waals surface area (Å²) in [7, 11) is 0. The average Bonchev–Trinajstić information content (AvgIpc) is 3.22. The molecule has 1 amide bonds. The molecular formula is C18H20ClN3O4S. The van der Waals surface area contributed by atoms with Crippen LogP contribution in [0.4, 0.5) is 0 Å². The monoisotopic (exact) mass is 409 g/mol. The SMILES string of the molecule is CC(=NOCC(=O)N1CCOC(COc2cccnc2Cl)C1)c1cccs1. The summed E-state index contributed by atoms with van der Waals surface area (Å²) in [5.41, 5.74) is 0.749. The Bertz CT molecular complexity index is 785. The first-order valence-electron chi connectivity index (χ1n) is 8.46. The first-order chi connectivity index (χ1) is 13.1. The van der Waals surface area contributed by atoms with Crippen molar-refractivity contribution in [2.24, 2.45) is 5.16 Å². The Hall–Kier alpha value is -2.16. The molecule has 9 heteroatoms. The van der Waals surface area contributed by atoms with Gasteiger partial charge in [0.15, 0.2) is 17.5 Å². The van der Waals surface area contributed by atoms with E-state index in [1.54, 1.807) is 34.6 Å². The first kappa shape index (κ1) is 19.6. The molecule has 144 valence electrons. The van der Waals surface area contributed by atoms with Gasteiger partial charge in [-0.15, -0.1) is 11.3 Å². The summed E-state index contributed by atoms with van der Waals surface area (Å²) in [6.07, 6.45) is 1.35. The van der Waals surface area contributed by atoms with Gasteiger partial charge in [-0.05, 0) is 30.5 Å². The van der Waals surface area contributed by atoms with E-state index >= 15 is 0 Å². The van der Waals surface area contributed by atoms with E-state index in [4.69, 9.17) is 25.9 Å². The number of aromatic nitrogens is 1. The van der Waals surface area contributed by atoms with Crippen molar-refractivity contribution in [1.82, 2.24) is 9.88 Å². The van der Waals surface area contributed by atoms with Crippen molar-refractivity contribution in [3.8, 4) is 5.75 Å². The van der Waals surface area contributed by atoms with Gasteiger partial charge in [-0.2, -0.15) is 0 Å². The summed E-state index contributed by atoms with van der Waals surface area (Å²) in [6.45, 7) is 3.41. The Morgan fingerprint density at radius 3 is 3.15 bits per heavy atom. The molecule has 0 saturated carbocycles. The van der Waals surface area contributed by atoms with Crippen LogP contribution in [0, 0.1) is 0 Å². The fraction of sp³-hybridized carbons (Fsp3) is 0.389. The maximum absolute atomic E-state index is 12.3. The number of hydrogen-bond donors (Lipinski definition) is 0. The molecule has 0 spiro atoms. The Morgan fingerprint density at radius 1 is 1.48 bits per heavy atom. The first-order valence-corrected chi connectivity index (χ1v) is 9.72. The zero-order valence-electron chi connectivity index (χ0n) is 14.8. The van der Waals surface area contributed by atoms with Crippen molar-refractivity contribution in [2.45, 2.75) is 13.0 Å². The van der Waals surface area contributed by atoms with E-state index in [1.807, 2.05) is 24.4 Å². The predicted molar refractivity (Wildman–Crippen MR) is 104 cm³/mol. The number of amides is 1. The van der Waals surface area contributed by atoms with Crippen LogP contribution in [0.25, 0.3) is 0 Å². The van der Waals surface area contributed by atoms with Crippen molar-refractivity contribution in [3.63, 3.8) is 0 Å². The highest BCUT2D eigenvalue weighted by molar-refractivity contribution is 7.12. The topological polar surface area (TPSA) is 73.2 Å². The van der Waals surface area contributed by atoms with E-state index in [0.717, 1.165) is 10.6 Å². The summed E-state index contributed by atoms with van der Waals surface area (Å²) < 4.78 is 11.3. The minimum atomic E-state index is -0.240. The van der Waals surface area contributed by atoms with Gasteiger partial charge in [0.1, 0.15) is 12.7 Å². The minimum Gasteiger partial charge on any atom is -0.488 e. The molecule has 1 aliphatic rings. The fourth-order valence-electron chi connectivity index (χ4n) is 2.51. The number of nitrogens with zero attached hydrogens (tertiary/aromatic N) is 3. The average molecular weight is 410 g/mol. The number of carbonyl (C=O) groups excluding carboxylic acids is 1. The van der Waals surface area contributed by atoms with Gasteiger partial charge in [0.25, 0.3) is 5.91 Å². The normalized spacial score (nSPS) is 17.6. The van der Waals surface area contributed by atoms with Gasteiger partial charge < -0.3 is 19.2 Å². The van der Waals surface area contributed by atoms with Crippen LogP contribution in [-0.4, -0.2) is 60.5 Å². The molecule has 0 radical (unpaired) electrons. The lowest BCUT2D eigenvalue weighted by atomic mass is 10.3. The molecule has 1 unspecified atom stereocenters. The third-order valence-electron chi connectivity index (χ3n) is 3.91. The number of pyridine rings is 1. The molecule has 1 aliphatic heterocycles. The quantitative estimate of drug-likeness (QED) is 0.399. The zero-order chi connectivity index (χ0) is 19.1. The van der Waals surface area contributed by atoms with Crippen LogP contribution in [0.3, 0.4) is 0 Å². The van der Waals surface area contributed by atoms with Crippen molar-refractivity contribution in [3.05, 3.63) is 45.9 Å². The zero-order valence-corrected chi connectivity index (χ0v) is 16.4. The molecule has 7 nitrogen and oxygen atoms in total. The molecule has 27 heavy (non-hydrogen) atoms. The van der Waals surface area contributed by atoms with Gasteiger partial charge in [0.2, 0.25) is 0 Å². The predicted octanol–water partition coefficient (Wildman–Crippen LogP) is 2.84. The number of carbonyl (C=O) groups is 1. The molecule has 3 heterocycles. The molecular weight excluding hydrogens is 390 g/mol. The highest BCUT2D eigenvalue weighted by Crippen LogP contribution is 2.21. The number of hydrogen-bond acceptors (Lipinski definition) is 7. The van der Waals surface area contributed by atoms with Gasteiger partial charge in [-0.3, -0.25) is 4.79 Å². The third-order valence-corrected chi connectivity index (χ3v) is 5.17. The lowest BCUT2D eigenvalue weighted by Crippen LogP contribution is -2.48. The molecule has 0 bridgehead atoms. The highest BCUT2D eigenvalue weighted by Gasteiger charge is 2.25. The van der Waals surface area contributed by atoms with Crippen LogP contribution < -0.4 is 4.74 Å². The van der Waals surface area contributed by atoms with E-state index in [2.05, 4.69) is 10.1 Å². The number of rotatable bonds is 7. The number of ether oxygens (including phenoxy) is 2. The van der Waals surface area contributed by atoms with E-state index in [-0.39, 0.29) is 25.2 Å². The summed E-state index contributed by atoms with van der Waals surface area (Å²) in [5, 5.41) is 6.27. The van der Waals surface area contributed by atoms with Gasteiger partial charge in [0.05, 0.1) is 23.7 Å². The number of oxime groups is 1. The Morgan fingerprint density at radius 2 is 2.37 bits per heavy atom. The standard InChI is InChI=1S/C18H20ClN3O4S/c1-13(16-5-3-9-27-16)21-26-12-17(23)22-7-8-24-14(10-22)11-25-15-4-2-6-20-18(15)19/h2-6,9,14H,7-8,10-12H2,1H3. The maximum Gasteiger partial charge on any atom is 0.263 e. The Labute approximate surface area is 166 Å². The second-order valence-electron chi connectivity index (χ2n) is 5.86. The van der Waals surface area contributed by atoms with Crippen LogP contribution >= 0.6 is 22.9 Å². The van der Waals surface area contributed by atoms with Crippen LogP contribution in [0.5, 0.6) is 5.75 Å². The summed E-state index contributed by atoms with van der Waals surface area (Å²) in [5.74, 6) is 0.360. The highest BCUT2D eigenvalue weighted by atomic mass is 35.5. The van der Waals surface area contributed by atoms with E-state index in [1.165, 1.54) is 0 Å². The van der Waals surface area contributed by atoms with Gasteiger partial charge in [0, 0.05) is 12.7 Å². The van der Waals surface area contributed by atoms with Crippen LogP contribution in [0.1, 0.15) is 11.8 Å². The van der Waals surface area contributed by atoms with E-state index in [0.29, 0.717) is 30.6 Å². The van der Waals surface area contributed by atoms with Crippen LogP contribution in [0.15, 0.2) is 41.0 Å². The number of halogens is 1. The lowest BCUT2D eigenvalue weighted by Gasteiger charge is -2.32. The van der Waals surface area contributed by atoms with Crippen LogP contribution in [-0.2, 0) is 14.4 Å². The van der Waals surface area contributed by atoms with Gasteiger partial charge in [-0.25, -0.2) is 4.98 Å². The Balaban J connectivity index is 1.45. The fourth-order valence-corrected chi connectivity index (χ4v) is 3.36. The molecule has 1 saturated heterocycles. The summed E-state index contributed by atoms with van der Waals surface area (Å²) >= 11 is 7.54.